The second-order valence-electron chi connectivity index (χ2n) is 9.18. The van der Waals surface area contributed by atoms with Crippen LogP contribution in [0.5, 0.6) is 0 Å². The monoisotopic (exact) mass is 447 g/mol. The molecule has 0 unspecified atom stereocenters. The van der Waals surface area contributed by atoms with E-state index in [-0.39, 0.29) is 5.91 Å². The maximum absolute atomic E-state index is 13.9. The topological polar surface area (TPSA) is 48.1 Å². The fourth-order valence-corrected chi connectivity index (χ4v) is 5.33. The molecule has 3 heterocycles. The number of aryl methyl sites for hydroxylation is 1. The number of anilines is 1. The maximum Gasteiger partial charge on any atom is 0.256 e. The van der Waals surface area contributed by atoms with E-state index in [0.29, 0.717) is 33.9 Å². The average molecular weight is 448 g/mol. The van der Waals surface area contributed by atoms with Crippen LogP contribution < -0.4 is 5.32 Å². The van der Waals surface area contributed by atoms with Crippen molar-refractivity contribution in [1.29, 1.82) is 0 Å². The molecule has 170 valence electrons. The summed E-state index contributed by atoms with van der Waals surface area (Å²) in [5, 5.41) is 2.90. The van der Waals surface area contributed by atoms with Gasteiger partial charge >= 0.3 is 0 Å². The molecule has 1 aromatic heterocycles. The molecule has 2 aliphatic heterocycles. The van der Waals surface area contributed by atoms with Gasteiger partial charge in [-0.3, -0.25) is 4.79 Å². The van der Waals surface area contributed by atoms with Crippen LogP contribution in [0.4, 0.5) is 14.5 Å². The number of nitrogens with one attached hydrogen (secondary N) is 2. The van der Waals surface area contributed by atoms with E-state index in [0.717, 1.165) is 48.9 Å². The molecule has 2 aromatic carbocycles. The van der Waals surface area contributed by atoms with E-state index >= 15 is 0 Å². The summed E-state index contributed by atoms with van der Waals surface area (Å²) < 4.78 is 27.9. The first-order valence-electron chi connectivity index (χ1n) is 11.3. The quantitative estimate of drug-likeness (QED) is 0.493. The Bertz CT molecular complexity index is 1260. The second-order valence-corrected chi connectivity index (χ2v) is 9.18. The number of H-pyrrole nitrogens is 1. The van der Waals surface area contributed by atoms with Crippen molar-refractivity contribution >= 4 is 23.2 Å². The lowest BCUT2D eigenvalue weighted by Gasteiger charge is -2.29. The SMILES string of the molecule is Cc1[nH]c(C=C2C(=O)Nc3cccc(-c4cc(F)cc(F)c4)c32)c(C)c1C1CCN(C)CC1. The Hall–Kier alpha value is -3.25. The van der Waals surface area contributed by atoms with E-state index < -0.39 is 11.6 Å². The van der Waals surface area contributed by atoms with Crippen molar-refractivity contribution in [1.82, 2.24) is 9.88 Å². The van der Waals surface area contributed by atoms with Gasteiger partial charge in [-0.05, 0) is 99.3 Å². The molecule has 0 atom stereocenters. The minimum absolute atomic E-state index is 0.221. The number of nitrogens with zero attached hydrogens (tertiary/aromatic N) is 1. The van der Waals surface area contributed by atoms with E-state index in [4.69, 9.17) is 0 Å². The molecule has 1 fully saturated rings. The number of carbonyl (C=O) groups excluding carboxylic acids is 1. The van der Waals surface area contributed by atoms with Gasteiger partial charge in [0.2, 0.25) is 0 Å². The fraction of sp³-hybridized carbons (Fsp3) is 0.296. The van der Waals surface area contributed by atoms with E-state index in [9.17, 15) is 13.6 Å². The van der Waals surface area contributed by atoms with Gasteiger partial charge in [0.1, 0.15) is 11.6 Å². The minimum atomic E-state index is -0.649. The van der Waals surface area contributed by atoms with Crippen molar-refractivity contribution in [2.45, 2.75) is 32.6 Å². The van der Waals surface area contributed by atoms with E-state index in [1.54, 1.807) is 12.1 Å². The van der Waals surface area contributed by atoms with Crippen molar-refractivity contribution in [2.75, 3.05) is 25.5 Å². The summed E-state index contributed by atoms with van der Waals surface area (Å²) in [5.41, 5.74) is 7.35. The van der Waals surface area contributed by atoms with Crippen molar-refractivity contribution in [3.8, 4) is 11.1 Å². The highest BCUT2D eigenvalue weighted by Crippen LogP contribution is 2.42. The Labute approximate surface area is 192 Å². The van der Waals surface area contributed by atoms with Crippen molar-refractivity contribution < 1.29 is 13.6 Å². The Morgan fingerprint density at radius 1 is 1.06 bits per heavy atom. The van der Waals surface area contributed by atoms with Gasteiger partial charge in [-0.25, -0.2) is 8.78 Å². The third-order valence-electron chi connectivity index (χ3n) is 6.95. The summed E-state index contributed by atoms with van der Waals surface area (Å²) in [4.78, 5) is 18.8. The fourth-order valence-electron chi connectivity index (χ4n) is 5.33. The number of benzene rings is 2. The molecule has 0 aliphatic carbocycles. The molecule has 6 heteroatoms. The van der Waals surface area contributed by atoms with Crippen LogP contribution in [0.2, 0.25) is 0 Å². The van der Waals surface area contributed by atoms with Gasteiger partial charge in [-0.15, -0.1) is 0 Å². The summed E-state index contributed by atoms with van der Waals surface area (Å²) in [6.45, 7) is 6.35. The molecule has 0 saturated carbocycles. The Kier molecular flexibility index (Phi) is 5.41. The zero-order chi connectivity index (χ0) is 23.3. The van der Waals surface area contributed by atoms with E-state index in [2.05, 4.69) is 36.1 Å². The van der Waals surface area contributed by atoms with E-state index in [1.807, 2.05) is 12.1 Å². The summed E-state index contributed by atoms with van der Waals surface area (Å²) in [7, 11) is 2.15. The first-order chi connectivity index (χ1) is 15.8. The van der Waals surface area contributed by atoms with Gasteiger partial charge < -0.3 is 15.2 Å². The van der Waals surface area contributed by atoms with Crippen LogP contribution in [0.1, 0.15) is 46.8 Å². The van der Waals surface area contributed by atoms with Gasteiger partial charge in [-0.1, -0.05) is 12.1 Å². The van der Waals surface area contributed by atoms with Crippen molar-refractivity contribution in [3.05, 3.63) is 76.1 Å². The van der Waals surface area contributed by atoms with Crippen LogP contribution in [0.25, 0.3) is 22.8 Å². The van der Waals surface area contributed by atoms with Crippen LogP contribution in [-0.2, 0) is 4.79 Å². The molecular weight excluding hydrogens is 420 g/mol. The average Bonchev–Trinajstić information content (AvgIpc) is 3.23. The Balaban J connectivity index is 1.60. The number of aromatic nitrogens is 1. The molecule has 3 aromatic rings. The molecule has 0 bridgehead atoms. The third kappa shape index (κ3) is 3.89. The highest BCUT2D eigenvalue weighted by molar-refractivity contribution is 6.36. The molecule has 1 amide bonds. The standard InChI is InChI=1S/C27H27F2N3O/c1-15-24(30-16(2)25(15)17-7-9-32(3)10-8-17)14-22-26-21(5-4-6-23(26)31-27(22)33)18-11-19(28)13-20(29)12-18/h4-6,11-14,17,30H,7-10H2,1-3H3,(H,31,33). The van der Waals surface area contributed by atoms with Crippen molar-refractivity contribution in [3.63, 3.8) is 0 Å². The lowest BCUT2D eigenvalue weighted by Crippen LogP contribution is -2.29. The number of aromatic amines is 1. The molecule has 0 spiro atoms. The zero-order valence-corrected chi connectivity index (χ0v) is 19.1. The minimum Gasteiger partial charge on any atom is -0.359 e. The predicted molar refractivity (Wildman–Crippen MR) is 128 cm³/mol. The normalized spacial score (nSPS) is 18.1. The van der Waals surface area contributed by atoms with Crippen LogP contribution in [0.15, 0.2) is 36.4 Å². The summed E-state index contributed by atoms with van der Waals surface area (Å²) >= 11 is 0. The van der Waals surface area contributed by atoms with Gasteiger partial charge in [0, 0.05) is 28.7 Å². The maximum atomic E-state index is 13.9. The molecule has 0 radical (unpaired) electrons. The smallest absolute Gasteiger partial charge is 0.256 e. The summed E-state index contributed by atoms with van der Waals surface area (Å²) in [6, 6.07) is 8.81. The van der Waals surface area contributed by atoms with Crippen LogP contribution in [0, 0.1) is 25.5 Å². The second kappa shape index (κ2) is 8.27. The molecule has 33 heavy (non-hydrogen) atoms. The van der Waals surface area contributed by atoms with Gasteiger partial charge in [0.05, 0.1) is 5.57 Å². The molecule has 2 N–H and O–H groups in total. The number of halogens is 2. The number of fused-ring (bicyclic) bond motifs is 1. The largest absolute Gasteiger partial charge is 0.359 e. The molecule has 1 saturated heterocycles. The molecule has 5 rings (SSSR count). The summed E-state index contributed by atoms with van der Waals surface area (Å²) in [6.07, 6.45) is 4.11. The number of piperidine rings is 1. The number of hydrogen-bond donors (Lipinski definition) is 2. The van der Waals surface area contributed by atoms with Gasteiger partial charge in [0.15, 0.2) is 0 Å². The van der Waals surface area contributed by atoms with Crippen LogP contribution in [-0.4, -0.2) is 35.9 Å². The van der Waals surface area contributed by atoms with Crippen LogP contribution in [0.3, 0.4) is 0 Å². The Morgan fingerprint density at radius 3 is 2.45 bits per heavy atom. The molecule has 4 nitrogen and oxygen atoms in total. The zero-order valence-electron chi connectivity index (χ0n) is 19.1. The van der Waals surface area contributed by atoms with Gasteiger partial charge in [-0.2, -0.15) is 0 Å². The Morgan fingerprint density at radius 2 is 1.76 bits per heavy atom. The lowest BCUT2D eigenvalue weighted by atomic mass is 9.87. The number of hydrogen-bond acceptors (Lipinski definition) is 2. The highest BCUT2D eigenvalue weighted by atomic mass is 19.1. The first-order valence-corrected chi connectivity index (χ1v) is 11.3. The first kappa shape index (κ1) is 21.6. The highest BCUT2D eigenvalue weighted by Gasteiger charge is 2.29. The van der Waals surface area contributed by atoms with Gasteiger partial charge in [0.25, 0.3) is 5.91 Å². The predicted octanol–water partition coefficient (Wildman–Crippen LogP) is 5.88. The number of amides is 1. The third-order valence-corrected chi connectivity index (χ3v) is 6.95. The number of rotatable bonds is 3. The van der Waals surface area contributed by atoms with E-state index in [1.165, 1.54) is 17.7 Å². The molecular formula is C27H27F2N3O. The lowest BCUT2D eigenvalue weighted by molar-refractivity contribution is -0.110. The summed E-state index contributed by atoms with van der Waals surface area (Å²) in [5.74, 6) is -1.02. The van der Waals surface area contributed by atoms with Crippen LogP contribution >= 0.6 is 0 Å². The number of carbonyl (C=O) groups is 1. The number of likely N-dealkylation sites (tertiary alicyclic amines) is 1. The molecule has 2 aliphatic rings. The van der Waals surface area contributed by atoms with Crippen molar-refractivity contribution in [2.24, 2.45) is 0 Å².